The van der Waals surface area contributed by atoms with Gasteiger partial charge in [-0.25, -0.2) is 4.79 Å². The van der Waals surface area contributed by atoms with E-state index in [1.54, 1.807) is 20.6 Å². The van der Waals surface area contributed by atoms with Gasteiger partial charge < -0.3 is 10.4 Å². The van der Waals surface area contributed by atoms with Gasteiger partial charge in [-0.05, 0) is 16.2 Å². The van der Waals surface area contributed by atoms with Crippen LogP contribution in [-0.2, 0) is 9.59 Å². The molecule has 1 atom stereocenters. The van der Waals surface area contributed by atoms with Gasteiger partial charge >= 0.3 is 5.97 Å². The maximum atomic E-state index is 11.0. The number of nitrogens with one attached hydrogen (secondary N) is 1. The second-order valence-electron chi connectivity index (χ2n) is 5.95. The maximum absolute atomic E-state index is 11.0. The number of carbonyl (C=O) groups is 2. The minimum absolute atomic E-state index is 0.300. The molecule has 0 rings (SSSR count). The molecule has 142 valence electrons. The maximum Gasteiger partial charge on any atom is 0.327 e. The van der Waals surface area contributed by atoms with E-state index in [0.717, 1.165) is 5.75 Å². The van der Waals surface area contributed by atoms with Crippen molar-refractivity contribution in [1.29, 1.82) is 0 Å². The first-order chi connectivity index (χ1) is 11.6. The van der Waals surface area contributed by atoms with E-state index in [4.69, 9.17) is 5.11 Å². The first kappa shape index (κ1) is 24.0. The van der Waals surface area contributed by atoms with Crippen molar-refractivity contribution in [1.82, 2.24) is 5.32 Å². The average Bonchev–Trinajstić information content (AvgIpc) is 2.53. The second-order valence-corrected chi connectivity index (χ2v) is 10.3. The highest BCUT2D eigenvalue weighted by molar-refractivity contribution is 9.09. The molecule has 0 fully saturated rings. The van der Waals surface area contributed by atoms with E-state index in [1.807, 2.05) is 0 Å². The van der Waals surface area contributed by atoms with Crippen LogP contribution in [0.2, 0.25) is 0 Å². The van der Waals surface area contributed by atoms with E-state index in [-0.39, 0.29) is 5.91 Å². The highest BCUT2D eigenvalue weighted by atomic mass is 33.5. The number of unbranched alkanes of at least 4 members (excludes halogenated alkanes) is 9. The van der Waals surface area contributed by atoms with Crippen molar-refractivity contribution in [2.24, 2.45) is 0 Å². The van der Waals surface area contributed by atoms with Gasteiger partial charge in [-0.2, -0.15) is 0 Å². The Hall–Kier alpha value is -0.0100. The average molecular weight is 396 g/mol. The first-order valence-corrected chi connectivity index (χ1v) is 12.8. The van der Waals surface area contributed by atoms with Gasteiger partial charge in [0.05, 0.1) is 0 Å². The van der Waals surface area contributed by atoms with Crippen molar-refractivity contribution in [3.8, 4) is 0 Å². The van der Waals surface area contributed by atoms with Crippen molar-refractivity contribution in [3.05, 3.63) is 0 Å². The van der Waals surface area contributed by atoms with E-state index >= 15 is 0 Å². The molecule has 0 saturated carbocycles. The largest absolute Gasteiger partial charge is 0.480 e. The highest BCUT2D eigenvalue weighted by Crippen LogP contribution is 2.35. The molecule has 0 aromatic rings. The highest BCUT2D eigenvalue weighted by Gasteiger charge is 2.18. The summed E-state index contributed by atoms with van der Waals surface area (Å²) in [5.74, 6) is 0.223. The number of rotatable bonds is 17. The molecule has 0 radical (unpaired) electrons. The summed E-state index contributed by atoms with van der Waals surface area (Å²) >= 11 is 0. The van der Waals surface area contributed by atoms with E-state index in [0.29, 0.717) is 5.75 Å². The molecular formula is C17H33NO3S3. The fraction of sp³-hybridized carbons (Fsp3) is 0.882. The zero-order valence-corrected chi connectivity index (χ0v) is 17.5. The summed E-state index contributed by atoms with van der Waals surface area (Å²) in [6, 6.07) is -0.794. The Morgan fingerprint density at radius 1 is 0.917 bits per heavy atom. The Balaban J connectivity index is 3.30. The Bertz CT molecular complexity index is 330. The van der Waals surface area contributed by atoms with Gasteiger partial charge in [0.25, 0.3) is 0 Å². The third kappa shape index (κ3) is 16.8. The van der Waals surface area contributed by atoms with Crippen LogP contribution in [-0.4, -0.2) is 34.5 Å². The van der Waals surface area contributed by atoms with Crippen LogP contribution in [0.3, 0.4) is 0 Å². The van der Waals surface area contributed by atoms with Gasteiger partial charge in [-0.3, -0.25) is 4.79 Å². The Morgan fingerprint density at radius 3 is 1.96 bits per heavy atom. The zero-order valence-electron chi connectivity index (χ0n) is 15.1. The number of carboxylic acid groups (broad SMARTS) is 1. The Kier molecular flexibility index (Phi) is 17.8. The number of carboxylic acids is 1. The van der Waals surface area contributed by atoms with Gasteiger partial charge in [0.2, 0.25) is 5.91 Å². The van der Waals surface area contributed by atoms with Crippen molar-refractivity contribution < 1.29 is 14.7 Å². The summed E-state index contributed by atoms with van der Waals surface area (Å²) in [6.07, 6.45) is 13.5. The molecule has 1 amide bonds. The topological polar surface area (TPSA) is 66.4 Å². The Labute approximate surface area is 158 Å². The predicted octanol–water partition coefficient (Wildman–Crippen LogP) is 5.53. The normalized spacial score (nSPS) is 12.1. The molecule has 0 aliphatic rings. The molecule has 0 aromatic heterocycles. The molecule has 0 saturated heterocycles. The van der Waals surface area contributed by atoms with Crippen LogP contribution in [0.15, 0.2) is 0 Å². The SMILES string of the molecule is CCCCCCCCCCCCSSSC[C@H](NC(C)=O)C(=O)O. The monoisotopic (exact) mass is 395 g/mol. The second kappa shape index (κ2) is 17.8. The fourth-order valence-corrected chi connectivity index (χ4v) is 6.17. The van der Waals surface area contributed by atoms with Crippen molar-refractivity contribution in [2.45, 2.75) is 84.1 Å². The lowest BCUT2D eigenvalue weighted by Crippen LogP contribution is -2.41. The van der Waals surface area contributed by atoms with Crippen LogP contribution in [0.25, 0.3) is 0 Å². The summed E-state index contributed by atoms with van der Waals surface area (Å²) in [5.41, 5.74) is 0. The summed E-state index contributed by atoms with van der Waals surface area (Å²) < 4.78 is 0. The first-order valence-electron chi connectivity index (χ1n) is 8.99. The molecular weight excluding hydrogens is 362 g/mol. The molecule has 7 heteroatoms. The quantitative estimate of drug-likeness (QED) is 0.249. The van der Waals surface area contributed by atoms with Crippen molar-refractivity contribution >= 4 is 43.3 Å². The summed E-state index contributed by atoms with van der Waals surface area (Å²) in [4.78, 5) is 21.9. The van der Waals surface area contributed by atoms with E-state index < -0.39 is 12.0 Å². The van der Waals surface area contributed by atoms with Crippen LogP contribution in [0.5, 0.6) is 0 Å². The number of hydrogen-bond donors (Lipinski definition) is 2. The third-order valence-electron chi connectivity index (χ3n) is 3.59. The smallest absolute Gasteiger partial charge is 0.327 e. The molecule has 0 heterocycles. The van der Waals surface area contributed by atoms with Gasteiger partial charge in [0, 0.05) is 18.4 Å². The minimum atomic E-state index is -0.974. The molecule has 24 heavy (non-hydrogen) atoms. The Morgan fingerprint density at radius 2 is 1.46 bits per heavy atom. The van der Waals surface area contributed by atoms with Gasteiger partial charge in [0.15, 0.2) is 0 Å². The van der Waals surface area contributed by atoms with E-state index in [1.165, 1.54) is 81.9 Å². The molecule has 0 aromatic carbocycles. The molecule has 0 aliphatic heterocycles. The lowest BCUT2D eigenvalue weighted by Gasteiger charge is -2.11. The third-order valence-corrected chi connectivity index (χ3v) is 7.92. The summed E-state index contributed by atoms with van der Waals surface area (Å²) in [6.45, 7) is 3.59. The lowest BCUT2D eigenvalue weighted by atomic mass is 10.1. The lowest BCUT2D eigenvalue weighted by molar-refractivity contribution is -0.140. The molecule has 4 nitrogen and oxygen atoms in total. The molecule has 0 spiro atoms. The van der Waals surface area contributed by atoms with Crippen LogP contribution in [0.4, 0.5) is 0 Å². The fourth-order valence-electron chi connectivity index (χ4n) is 2.23. The van der Waals surface area contributed by atoms with E-state index in [9.17, 15) is 9.59 Å². The number of aliphatic carboxylic acids is 1. The molecule has 0 bridgehead atoms. The van der Waals surface area contributed by atoms with Crippen molar-refractivity contribution in [2.75, 3.05) is 11.5 Å². The van der Waals surface area contributed by atoms with Crippen LogP contribution < -0.4 is 5.32 Å². The molecule has 2 N–H and O–H groups in total. The minimum Gasteiger partial charge on any atom is -0.480 e. The molecule has 0 unspecified atom stereocenters. The van der Waals surface area contributed by atoms with Gasteiger partial charge in [-0.1, -0.05) is 86.3 Å². The summed E-state index contributed by atoms with van der Waals surface area (Å²) in [5, 5.41) is 11.4. The van der Waals surface area contributed by atoms with Crippen molar-refractivity contribution in [3.63, 3.8) is 0 Å². The standard InChI is InChI=1S/C17H33NO3S3/c1-3-4-5-6-7-8-9-10-11-12-13-22-24-23-14-16(17(20)21)18-15(2)19/h16H,3-14H2,1-2H3,(H,18,19)(H,20,21)/t16-/m0/s1. The van der Waals surface area contributed by atoms with Gasteiger partial charge in [-0.15, -0.1) is 0 Å². The molecule has 0 aliphatic carbocycles. The number of carbonyl (C=O) groups excluding carboxylic acids is 1. The zero-order chi connectivity index (χ0) is 18.0. The van der Waals surface area contributed by atoms with E-state index in [2.05, 4.69) is 12.2 Å². The van der Waals surface area contributed by atoms with Crippen LogP contribution in [0, 0.1) is 0 Å². The van der Waals surface area contributed by atoms with Crippen LogP contribution >= 0.6 is 31.4 Å². The number of amides is 1. The van der Waals surface area contributed by atoms with Crippen LogP contribution in [0.1, 0.15) is 78.1 Å². The summed E-state index contributed by atoms with van der Waals surface area (Å²) in [7, 11) is 4.90. The number of hydrogen-bond acceptors (Lipinski definition) is 5. The predicted molar refractivity (Wildman–Crippen MR) is 110 cm³/mol. The van der Waals surface area contributed by atoms with Gasteiger partial charge in [0.1, 0.15) is 6.04 Å².